The van der Waals surface area contributed by atoms with Crippen molar-refractivity contribution in [1.29, 1.82) is 0 Å². The molecule has 0 saturated carbocycles. The number of hydrogen-bond donors (Lipinski definition) is 1. The van der Waals surface area contributed by atoms with Crippen molar-refractivity contribution in [3.05, 3.63) is 40.4 Å². The number of aromatic nitrogens is 2. The van der Waals surface area contributed by atoms with Crippen LogP contribution in [0.15, 0.2) is 29.2 Å². The third-order valence-electron chi connectivity index (χ3n) is 6.20. The van der Waals surface area contributed by atoms with Crippen molar-refractivity contribution in [3.8, 4) is 11.5 Å². The van der Waals surface area contributed by atoms with E-state index in [1.54, 1.807) is 41.5 Å². The SMILES string of the molecule is CCCC(NC(=O)c1cn2c(cc3c(OC)ccc(OC)c32)c(=O)n1CCCOCC)C(C)C. The van der Waals surface area contributed by atoms with Crippen molar-refractivity contribution in [1.82, 2.24) is 14.3 Å². The normalized spacial score (nSPS) is 12.4. The minimum absolute atomic E-state index is 0.0243. The highest BCUT2D eigenvalue weighted by Gasteiger charge is 2.23. The first-order valence-corrected chi connectivity index (χ1v) is 12.1. The van der Waals surface area contributed by atoms with Crippen LogP contribution in [0, 0.1) is 5.92 Å². The van der Waals surface area contributed by atoms with E-state index in [0.717, 1.165) is 18.2 Å². The van der Waals surface area contributed by atoms with Gasteiger partial charge in [0.15, 0.2) is 0 Å². The maximum atomic E-state index is 13.7. The fourth-order valence-corrected chi connectivity index (χ4v) is 4.36. The molecule has 0 aliphatic heterocycles. The molecular weight excluding hydrogens is 434 g/mol. The zero-order valence-corrected chi connectivity index (χ0v) is 21.1. The first-order chi connectivity index (χ1) is 16.4. The summed E-state index contributed by atoms with van der Waals surface area (Å²) < 4.78 is 19.9. The molecule has 3 aromatic rings. The van der Waals surface area contributed by atoms with Crippen LogP contribution in [0.25, 0.3) is 16.4 Å². The van der Waals surface area contributed by atoms with Gasteiger partial charge in [0.2, 0.25) is 0 Å². The van der Waals surface area contributed by atoms with Gasteiger partial charge in [0.25, 0.3) is 11.5 Å². The van der Waals surface area contributed by atoms with Crippen molar-refractivity contribution in [2.75, 3.05) is 27.4 Å². The number of hydrogen-bond acceptors (Lipinski definition) is 5. The Bertz CT molecular complexity index is 1190. The lowest BCUT2D eigenvalue weighted by Crippen LogP contribution is -2.41. The summed E-state index contributed by atoms with van der Waals surface area (Å²) in [5.41, 5.74) is 1.23. The Morgan fingerprint density at radius 1 is 1.12 bits per heavy atom. The highest BCUT2D eigenvalue weighted by atomic mass is 16.5. The summed E-state index contributed by atoms with van der Waals surface area (Å²) in [5.74, 6) is 1.26. The first kappa shape index (κ1) is 25.6. The lowest BCUT2D eigenvalue weighted by molar-refractivity contribution is 0.0909. The molecule has 186 valence electrons. The van der Waals surface area contributed by atoms with Gasteiger partial charge in [-0.1, -0.05) is 27.2 Å². The topological polar surface area (TPSA) is 83.2 Å². The molecule has 0 bridgehead atoms. The molecule has 1 aromatic carbocycles. The smallest absolute Gasteiger partial charge is 0.275 e. The van der Waals surface area contributed by atoms with E-state index in [1.807, 2.05) is 13.0 Å². The first-order valence-electron chi connectivity index (χ1n) is 12.1. The molecular formula is C26H37N3O5. The van der Waals surface area contributed by atoms with Crippen LogP contribution >= 0.6 is 0 Å². The highest BCUT2D eigenvalue weighted by molar-refractivity contribution is 5.98. The fraction of sp³-hybridized carbons (Fsp3) is 0.538. The van der Waals surface area contributed by atoms with Crippen LogP contribution in [0.5, 0.6) is 11.5 Å². The van der Waals surface area contributed by atoms with Gasteiger partial charge < -0.3 is 28.5 Å². The molecule has 0 saturated heterocycles. The maximum Gasteiger partial charge on any atom is 0.275 e. The van der Waals surface area contributed by atoms with Crippen LogP contribution in [-0.2, 0) is 11.3 Å². The van der Waals surface area contributed by atoms with Crippen molar-refractivity contribution in [3.63, 3.8) is 0 Å². The summed E-state index contributed by atoms with van der Waals surface area (Å²) >= 11 is 0. The van der Waals surface area contributed by atoms with Crippen molar-refractivity contribution < 1.29 is 19.0 Å². The van der Waals surface area contributed by atoms with Crippen LogP contribution < -0.4 is 20.3 Å². The average Bonchev–Trinajstić information content (AvgIpc) is 3.22. The number of rotatable bonds is 12. The van der Waals surface area contributed by atoms with E-state index in [9.17, 15) is 9.59 Å². The number of fused-ring (bicyclic) bond motifs is 3. The van der Waals surface area contributed by atoms with Crippen molar-refractivity contribution in [2.45, 2.75) is 59.5 Å². The van der Waals surface area contributed by atoms with Crippen LogP contribution in [0.4, 0.5) is 0 Å². The molecule has 34 heavy (non-hydrogen) atoms. The Labute approximate surface area is 200 Å². The standard InChI is InChI=1S/C26H37N3O5/c1-7-10-19(17(3)4)27-25(30)21-16-29-20(26(31)28(21)13-9-14-34-8-2)15-18-22(32-5)11-12-23(33-6)24(18)29/h11-12,15-17,19H,7-10,13-14H2,1-6H3,(H,27,30). The number of nitrogens with zero attached hydrogens (tertiary/aromatic N) is 2. The Kier molecular flexibility index (Phi) is 8.61. The molecule has 1 unspecified atom stereocenters. The van der Waals surface area contributed by atoms with Gasteiger partial charge in [0.1, 0.15) is 22.7 Å². The second-order valence-electron chi connectivity index (χ2n) is 8.77. The summed E-state index contributed by atoms with van der Waals surface area (Å²) in [6.07, 6.45) is 4.19. The Morgan fingerprint density at radius 3 is 2.44 bits per heavy atom. The summed E-state index contributed by atoms with van der Waals surface area (Å²) in [6, 6.07) is 5.44. The molecule has 0 radical (unpaired) electrons. The van der Waals surface area contributed by atoms with Gasteiger partial charge in [0, 0.05) is 37.4 Å². The molecule has 2 heterocycles. The van der Waals surface area contributed by atoms with E-state index < -0.39 is 0 Å². The van der Waals surface area contributed by atoms with Gasteiger partial charge in [-0.15, -0.1) is 0 Å². The fourth-order valence-electron chi connectivity index (χ4n) is 4.36. The number of methoxy groups -OCH3 is 2. The van der Waals surface area contributed by atoms with Crippen molar-refractivity contribution >= 4 is 22.3 Å². The summed E-state index contributed by atoms with van der Waals surface area (Å²) in [4.78, 5) is 27.2. The molecule has 0 aliphatic rings. The Balaban J connectivity index is 2.21. The maximum absolute atomic E-state index is 13.7. The lowest BCUT2D eigenvalue weighted by Gasteiger charge is -2.23. The van der Waals surface area contributed by atoms with Crippen molar-refractivity contribution in [2.24, 2.45) is 5.92 Å². The lowest BCUT2D eigenvalue weighted by atomic mass is 9.99. The molecule has 2 aromatic heterocycles. The van der Waals surface area contributed by atoms with Gasteiger partial charge in [-0.25, -0.2) is 0 Å². The third kappa shape index (κ3) is 5.06. The molecule has 0 spiro atoms. The van der Waals surface area contributed by atoms with Gasteiger partial charge >= 0.3 is 0 Å². The molecule has 1 amide bonds. The minimum atomic E-state index is -0.258. The van der Waals surface area contributed by atoms with E-state index in [1.165, 1.54) is 0 Å². The molecule has 1 N–H and O–H groups in total. The zero-order valence-electron chi connectivity index (χ0n) is 21.1. The second kappa shape index (κ2) is 11.4. The number of ether oxygens (including phenoxy) is 3. The predicted molar refractivity (Wildman–Crippen MR) is 134 cm³/mol. The number of carbonyl (C=O) groups excluding carboxylic acids is 1. The molecule has 8 heteroatoms. The molecule has 1 atom stereocenters. The quantitative estimate of drug-likeness (QED) is 0.399. The van der Waals surface area contributed by atoms with E-state index in [2.05, 4.69) is 26.1 Å². The summed E-state index contributed by atoms with van der Waals surface area (Å²) in [7, 11) is 3.18. The minimum Gasteiger partial charge on any atom is -0.496 e. The van der Waals surface area contributed by atoms with Gasteiger partial charge in [-0.3, -0.25) is 9.59 Å². The van der Waals surface area contributed by atoms with E-state index >= 15 is 0 Å². The second-order valence-corrected chi connectivity index (χ2v) is 8.77. The number of benzene rings is 1. The van der Waals surface area contributed by atoms with Crippen LogP contribution in [-0.4, -0.2) is 48.4 Å². The summed E-state index contributed by atoms with van der Waals surface area (Å²) in [6.45, 7) is 9.73. The van der Waals surface area contributed by atoms with Crippen LogP contribution in [0.3, 0.4) is 0 Å². The van der Waals surface area contributed by atoms with E-state index in [0.29, 0.717) is 54.4 Å². The Hall–Kier alpha value is -3.00. The molecule has 3 rings (SSSR count). The van der Waals surface area contributed by atoms with Gasteiger partial charge in [-0.2, -0.15) is 0 Å². The van der Waals surface area contributed by atoms with E-state index in [-0.39, 0.29) is 23.4 Å². The third-order valence-corrected chi connectivity index (χ3v) is 6.20. The average molecular weight is 472 g/mol. The molecule has 0 aliphatic carbocycles. The zero-order chi connectivity index (χ0) is 24.8. The molecule has 8 nitrogen and oxygen atoms in total. The van der Waals surface area contributed by atoms with Gasteiger partial charge in [-0.05, 0) is 43.9 Å². The van der Waals surface area contributed by atoms with Gasteiger partial charge in [0.05, 0.1) is 19.7 Å². The predicted octanol–water partition coefficient (Wildman–Crippen LogP) is 4.25. The van der Waals surface area contributed by atoms with Crippen LogP contribution in [0.1, 0.15) is 57.4 Å². The number of nitrogens with one attached hydrogen (secondary N) is 1. The number of carbonyl (C=O) groups is 1. The highest BCUT2D eigenvalue weighted by Crippen LogP contribution is 2.35. The Morgan fingerprint density at radius 2 is 1.82 bits per heavy atom. The van der Waals surface area contributed by atoms with Crippen LogP contribution in [0.2, 0.25) is 0 Å². The number of amides is 1. The monoisotopic (exact) mass is 471 g/mol. The summed E-state index contributed by atoms with van der Waals surface area (Å²) in [5, 5.41) is 3.91. The molecule has 0 fully saturated rings. The largest absolute Gasteiger partial charge is 0.496 e. The van der Waals surface area contributed by atoms with E-state index in [4.69, 9.17) is 14.2 Å².